The van der Waals surface area contributed by atoms with Gasteiger partial charge in [0.25, 0.3) is 5.56 Å². The number of benzene rings is 2. The number of aromatic amines is 1. The molecule has 7 nitrogen and oxygen atoms in total. The van der Waals surface area contributed by atoms with E-state index in [1.807, 2.05) is 43.3 Å². The van der Waals surface area contributed by atoms with Gasteiger partial charge in [0, 0.05) is 23.7 Å². The van der Waals surface area contributed by atoms with Crippen molar-refractivity contribution in [3.63, 3.8) is 0 Å². The predicted molar refractivity (Wildman–Crippen MR) is 120 cm³/mol. The second kappa shape index (κ2) is 8.85. The molecule has 1 aliphatic rings. The van der Waals surface area contributed by atoms with Crippen molar-refractivity contribution in [1.29, 1.82) is 0 Å². The van der Waals surface area contributed by atoms with Crippen molar-refractivity contribution in [2.75, 3.05) is 19.5 Å². The highest BCUT2D eigenvalue weighted by Crippen LogP contribution is 2.42. The lowest BCUT2D eigenvalue weighted by Gasteiger charge is -2.26. The number of hydrogen-bond donors (Lipinski definition) is 2. The van der Waals surface area contributed by atoms with Gasteiger partial charge in [0.15, 0.2) is 16.7 Å². The summed E-state index contributed by atoms with van der Waals surface area (Å²) in [5.74, 6) is 1.32. The summed E-state index contributed by atoms with van der Waals surface area (Å²) < 4.78 is 10.9. The number of aryl methyl sites for hydroxylation is 1. The Bertz CT molecular complexity index is 1170. The van der Waals surface area contributed by atoms with Gasteiger partial charge >= 0.3 is 0 Å². The van der Waals surface area contributed by atoms with Gasteiger partial charge in [-0.1, -0.05) is 53.7 Å². The third-order valence-corrected chi connectivity index (χ3v) is 6.18. The highest BCUT2D eigenvalue weighted by Gasteiger charge is 2.33. The van der Waals surface area contributed by atoms with Crippen LogP contribution in [0, 0.1) is 6.92 Å². The van der Waals surface area contributed by atoms with Gasteiger partial charge in [0.1, 0.15) is 5.82 Å². The average Bonchev–Trinajstić information content (AvgIpc) is 2.77. The zero-order chi connectivity index (χ0) is 22.0. The Hall–Kier alpha value is -3.26. The number of carbonyl (C=O) groups excluding carboxylic acids is 1. The third kappa shape index (κ3) is 4.29. The van der Waals surface area contributed by atoms with E-state index in [-0.39, 0.29) is 17.9 Å². The standard InChI is InChI=1S/C23H23N3O4S/c1-13-7-9-14(10-8-13)12-31-23-25-21-19(22(28)26-23)16(11-18(27)24-21)15-5-4-6-17(29-2)20(15)30-3/h4-10,16H,11-12H2,1-3H3,(H2,24,25,26,27,28)/t16-/m1/s1. The van der Waals surface area contributed by atoms with Crippen LogP contribution in [0.4, 0.5) is 5.82 Å². The molecule has 3 aromatic rings. The lowest BCUT2D eigenvalue weighted by atomic mass is 9.86. The Labute approximate surface area is 184 Å². The summed E-state index contributed by atoms with van der Waals surface area (Å²) >= 11 is 1.42. The second-order valence-electron chi connectivity index (χ2n) is 7.30. The van der Waals surface area contributed by atoms with Gasteiger partial charge in [-0.3, -0.25) is 9.59 Å². The van der Waals surface area contributed by atoms with Crippen LogP contribution in [-0.2, 0) is 10.5 Å². The van der Waals surface area contributed by atoms with Crippen LogP contribution in [0.15, 0.2) is 52.4 Å². The smallest absolute Gasteiger partial charge is 0.257 e. The molecule has 0 saturated heterocycles. The zero-order valence-corrected chi connectivity index (χ0v) is 18.3. The van der Waals surface area contributed by atoms with Crippen molar-refractivity contribution in [2.24, 2.45) is 0 Å². The fourth-order valence-corrected chi connectivity index (χ4v) is 4.52. The number of amides is 1. The SMILES string of the molecule is COc1cccc([C@H]2CC(=O)Nc3nc(SCc4ccc(C)cc4)[nH]c(=O)c32)c1OC. The molecule has 0 radical (unpaired) electrons. The van der Waals surface area contributed by atoms with E-state index in [0.717, 1.165) is 5.56 Å². The van der Waals surface area contributed by atoms with Crippen LogP contribution < -0.4 is 20.3 Å². The minimum Gasteiger partial charge on any atom is -0.493 e. The van der Waals surface area contributed by atoms with Crippen LogP contribution in [-0.4, -0.2) is 30.1 Å². The molecule has 1 aliphatic heterocycles. The number of anilines is 1. The Morgan fingerprint density at radius 3 is 2.58 bits per heavy atom. The summed E-state index contributed by atoms with van der Waals surface area (Å²) in [4.78, 5) is 32.9. The van der Waals surface area contributed by atoms with Crippen molar-refractivity contribution in [3.05, 3.63) is 75.1 Å². The van der Waals surface area contributed by atoms with Gasteiger partial charge in [0.05, 0.1) is 19.8 Å². The first-order valence-corrected chi connectivity index (χ1v) is 10.8. The second-order valence-corrected chi connectivity index (χ2v) is 8.26. The van der Waals surface area contributed by atoms with Crippen LogP contribution in [0.25, 0.3) is 0 Å². The number of para-hydroxylation sites is 1. The molecule has 0 saturated carbocycles. The van der Waals surface area contributed by atoms with E-state index in [0.29, 0.717) is 39.4 Å². The molecule has 1 aromatic heterocycles. The van der Waals surface area contributed by atoms with E-state index in [1.165, 1.54) is 17.3 Å². The maximum Gasteiger partial charge on any atom is 0.257 e. The summed E-state index contributed by atoms with van der Waals surface area (Å²) in [7, 11) is 3.09. The Morgan fingerprint density at radius 1 is 1.10 bits per heavy atom. The number of nitrogens with one attached hydrogen (secondary N) is 2. The van der Waals surface area contributed by atoms with Crippen molar-refractivity contribution in [3.8, 4) is 11.5 Å². The molecule has 2 N–H and O–H groups in total. The molecule has 31 heavy (non-hydrogen) atoms. The van der Waals surface area contributed by atoms with Gasteiger partial charge in [-0.05, 0) is 18.6 Å². The summed E-state index contributed by atoms with van der Waals surface area (Å²) in [6.07, 6.45) is 0.122. The molecule has 0 unspecified atom stereocenters. The monoisotopic (exact) mass is 437 g/mol. The number of thioether (sulfide) groups is 1. The normalized spacial score (nSPS) is 15.2. The third-order valence-electron chi connectivity index (χ3n) is 5.23. The summed E-state index contributed by atoms with van der Waals surface area (Å²) in [5.41, 5.74) is 3.18. The number of ether oxygens (including phenoxy) is 2. The number of hydrogen-bond acceptors (Lipinski definition) is 6. The minimum absolute atomic E-state index is 0.122. The van der Waals surface area contributed by atoms with Crippen LogP contribution in [0.2, 0.25) is 0 Å². The molecule has 2 heterocycles. The summed E-state index contributed by atoms with van der Waals surface area (Å²) in [5, 5.41) is 3.22. The first-order chi connectivity index (χ1) is 15.0. The van der Waals surface area contributed by atoms with Crippen molar-refractivity contribution < 1.29 is 14.3 Å². The van der Waals surface area contributed by atoms with Crippen molar-refractivity contribution in [2.45, 2.75) is 30.2 Å². The molecule has 160 valence electrons. The van der Waals surface area contributed by atoms with E-state index >= 15 is 0 Å². The van der Waals surface area contributed by atoms with Crippen molar-refractivity contribution >= 4 is 23.5 Å². The molecule has 0 spiro atoms. The first-order valence-electron chi connectivity index (χ1n) is 9.83. The molecule has 8 heteroatoms. The number of aromatic nitrogens is 2. The summed E-state index contributed by atoms with van der Waals surface area (Å²) in [6.45, 7) is 2.04. The lowest BCUT2D eigenvalue weighted by molar-refractivity contribution is -0.116. The highest BCUT2D eigenvalue weighted by atomic mass is 32.2. The Kier molecular flexibility index (Phi) is 5.99. The fourth-order valence-electron chi connectivity index (χ4n) is 3.71. The quantitative estimate of drug-likeness (QED) is 0.449. The molecule has 4 rings (SSSR count). The topological polar surface area (TPSA) is 93.3 Å². The predicted octanol–water partition coefficient (Wildman–Crippen LogP) is 3.86. The average molecular weight is 438 g/mol. The molecule has 1 atom stereocenters. The molecule has 0 fully saturated rings. The van der Waals surface area contributed by atoms with E-state index in [2.05, 4.69) is 15.3 Å². The molecule has 2 aromatic carbocycles. The minimum atomic E-state index is -0.485. The van der Waals surface area contributed by atoms with E-state index in [1.54, 1.807) is 20.3 Å². The van der Waals surface area contributed by atoms with Crippen LogP contribution in [0.1, 0.15) is 34.6 Å². The first kappa shape index (κ1) is 21.0. The fraction of sp³-hybridized carbons (Fsp3) is 0.261. The number of rotatable bonds is 6. The molecular weight excluding hydrogens is 414 g/mol. The van der Waals surface area contributed by atoms with Crippen LogP contribution in [0.5, 0.6) is 11.5 Å². The zero-order valence-electron chi connectivity index (χ0n) is 17.5. The molecule has 0 aliphatic carbocycles. The van der Waals surface area contributed by atoms with Gasteiger partial charge in [-0.2, -0.15) is 0 Å². The van der Waals surface area contributed by atoms with Crippen LogP contribution >= 0.6 is 11.8 Å². The Morgan fingerprint density at radius 2 is 1.87 bits per heavy atom. The van der Waals surface area contributed by atoms with Gasteiger partial charge in [-0.15, -0.1) is 0 Å². The van der Waals surface area contributed by atoms with Crippen LogP contribution in [0.3, 0.4) is 0 Å². The van der Waals surface area contributed by atoms with E-state index < -0.39 is 5.92 Å². The molecule has 0 bridgehead atoms. The van der Waals surface area contributed by atoms with Gasteiger partial charge < -0.3 is 19.8 Å². The number of fused-ring (bicyclic) bond motifs is 1. The van der Waals surface area contributed by atoms with E-state index in [4.69, 9.17) is 9.47 Å². The maximum absolute atomic E-state index is 13.1. The lowest BCUT2D eigenvalue weighted by Crippen LogP contribution is -2.31. The molecule has 1 amide bonds. The number of nitrogens with zero attached hydrogens (tertiary/aromatic N) is 1. The number of methoxy groups -OCH3 is 2. The van der Waals surface area contributed by atoms with Crippen molar-refractivity contribution in [1.82, 2.24) is 9.97 Å². The van der Waals surface area contributed by atoms with E-state index in [9.17, 15) is 9.59 Å². The number of H-pyrrole nitrogens is 1. The maximum atomic E-state index is 13.1. The largest absolute Gasteiger partial charge is 0.493 e. The van der Waals surface area contributed by atoms with Gasteiger partial charge in [-0.25, -0.2) is 4.98 Å². The summed E-state index contributed by atoms with van der Waals surface area (Å²) in [6, 6.07) is 13.6. The number of carbonyl (C=O) groups is 1. The Balaban J connectivity index is 1.69. The highest BCUT2D eigenvalue weighted by molar-refractivity contribution is 7.98. The molecular formula is C23H23N3O4S. The van der Waals surface area contributed by atoms with Gasteiger partial charge in [0.2, 0.25) is 5.91 Å².